The molecule has 2 aliphatic heterocycles. The van der Waals surface area contributed by atoms with Gasteiger partial charge in [0.05, 0.1) is 25.7 Å². The Morgan fingerprint density at radius 1 is 0.968 bits per heavy atom. The molecular formula is C24H27FN2O4. The number of carbonyl (C=O) groups is 2. The van der Waals surface area contributed by atoms with Crippen molar-refractivity contribution < 1.29 is 23.5 Å². The Morgan fingerprint density at radius 2 is 1.71 bits per heavy atom. The highest BCUT2D eigenvalue weighted by Crippen LogP contribution is 2.41. The number of hydrogen-bond acceptors (Lipinski definition) is 4. The second kappa shape index (κ2) is 8.96. The predicted octanol–water partition coefficient (Wildman–Crippen LogP) is 3.32. The molecule has 2 saturated heterocycles. The summed E-state index contributed by atoms with van der Waals surface area (Å²) in [5, 5.41) is 0. The lowest BCUT2D eigenvalue weighted by atomic mass is 9.87. The first kappa shape index (κ1) is 21.2. The van der Waals surface area contributed by atoms with Gasteiger partial charge in [-0.05, 0) is 43.2 Å². The normalized spacial score (nSPS) is 20.7. The number of methoxy groups -OCH3 is 2. The maximum atomic E-state index is 14.3. The van der Waals surface area contributed by atoms with Crippen LogP contribution in [0.3, 0.4) is 0 Å². The summed E-state index contributed by atoms with van der Waals surface area (Å²) in [6.07, 6.45) is 1.98. The summed E-state index contributed by atoms with van der Waals surface area (Å²) in [5.41, 5.74) is 0.844. The fourth-order valence-corrected chi connectivity index (χ4v) is 4.64. The first-order valence-corrected chi connectivity index (χ1v) is 10.6. The number of nitrogens with zero attached hydrogens (tertiary/aromatic N) is 2. The molecule has 2 heterocycles. The summed E-state index contributed by atoms with van der Waals surface area (Å²) in [5.74, 6) is -0.314. The molecule has 2 aliphatic rings. The van der Waals surface area contributed by atoms with Crippen LogP contribution < -0.4 is 9.47 Å². The van der Waals surface area contributed by atoms with Gasteiger partial charge in [0.15, 0.2) is 0 Å². The van der Waals surface area contributed by atoms with E-state index < -0.39 is 17.6 Å². The lowest BCUT2D eigenvalue weighted by Gasteiger charge is -2.25. The van der Waals surface area contributed by atoms with E-state index in [1.54, 1.807) is 37.3 Å². The molecule has 6 nitrogen and oxygen atoms in total. The Balaban J connectivity index is 1.70. The molecule has 4 rings (SSSR count). The van der Waals surface area contributed by atoms with Crippen molar-refractivity contribution in [2.45, 2.75) is 18.8 Å². The number of benzene rings is 2. The van der Waals surface area contributed by atoms with Gasteiger partial charge in [0.1, 0.15) is 17.3 Å². The lowest BCUT2D eigenvalue weighted by molar-refractivity contribution is -0.134. The predicted molar refractivity (Wildman–Crippen MR) is 114 cm³/mol. The molecule has 2 fully saturated rings. The highest BCUT2D eigenvalue weighted by Gasteiger charge is 2.44. The van der Waals surface area contributed by atoms with Gasteiger partial charge in [0.25, 0.3) is 5.91 Å². The number of amides is 2. The quantitative estimate of drug-likeness (QED) is 0.736. The van der Waals surface area contributed by atoms with Crippen molar-refractivity contribution in [1.29, 1.82) is 0 Å². The molecule has 2 aromatic carbocycles. The lowest BCUT2D eigenvalue weighted by Crippen LogP contribution is -2.37. The number of carbonyl (C=O) groups excluding carboxylic acids is 2. The number of hydrogen-bond donors (Lipinski definition) is 0. The second-order valence-electron chi connectivity index (χ2n) is 8.04. The Labute approximate surface area is 181 Å². The molecular weight excluding hydrogens is 399 g/mol. The van der Waals surface area contributed by atoms with Gasteiger partial charge in [-0.2, -0.15) is 0 Å². The van der Waals surface area contributed by atoms with Crippen LogP contribution in [0.4, 0.5) is 4.39 Å². The highest BCUT2D eigenvalue weighted by atomic mass is 19.1. The van der Waals surface area contributed by atoms with E-state index in [4.69, 9.17) is 9.47 Å². The molecule has 7 heteroatoms. The number of ether oxygens (including phenoxy) is 2. The van der Waals surface area contributed by atoms with Crippen molar-refractivity contribution in [2.24, 2.45) is 5.92 Å². The minimum absolute atomic E-state index is 0.0214. The second-order valence-corrected chi connectivity index (χ2v) is 8.04. The summed E-state index contributed by atoms with van der Waals surface area (Å²) in [4.78, 5) is 30.0. The monoisotopic (exact) mass is 426 g/mol. The topological polar surface area (TPSA) is 59.1 Å². The van der Waals surface area contributed by atoms with Crippen LogP contribution in [0, 0.1) is 11.7 Å². The van der Waals surface area contributed by atoms with Gasteiger partial charge in [-0.3, -0.25) is 9.59 Å². The van der Waals surface area contributed by atoms with Crippen molar-refractivity contribution in [2.75, 3.05) is 40.4 Å². The van der Waals surface area contributed by atoms with E-state index in [0.717, 1.165) is 31.5 Å². The first-order valence-electron chi connectivity index (χ1n) is 10.6. The molecule has 0 spiro atoms. The van der Waals surface area contributed by atoms with Gasteiger partial charge in [0.2, 0.25) is 5.91 Å². The summed E-state index contributed by atoms with van der Waals surface area (Å²) >= 11 is 0. The third-order valence-electron chi connectivity index (χ3n) is 6.28. The fourth-order valence-electron chi connectivity index (χ4n) is 4.64. The van der Waals surface area contributed by atoms with Gasteiger partial charge in [-0.1, -0.05) is 12.1 Å². The van der Waals surface area contributed by atoms with Crippen molar-refractivity contribution >= 4 is 11.8 Å². The summed E-state index contributed by atoms with van der Waals surface area (Å²) in [7, 11) is 3.17. The zero-order valence-corrected chi connectivity index (χ0v) is 17.8. The maximum Gasteiger partial charge on any atom is 0.256 e. The Bertz CT molecular complexity index is 974. The van der Waals surface area contributed by atoms with Crippen LogP contribution in [-0.2, 0) is 4.79 Å². The van der Waals surface area contributed by atoms with Crippen LogP contribution in [0.15, 0.2) is 42.5 Å². The number of rotatable bonds is 5. The molecule has 31 heavy (non-hydrogen) atoms. The molecule has 0 N–H and O–H groups in total. The zero-order valence-electron chi connectivity index (χ0n) is 17.8. The standard InChI is InChI=1S/C24H27FN2O4/c1-30-16-9-10-22(31-2)18(13-16)19-14-27(23(28)17-7-3-4-8-21(17)25)15-20(19)24(29)26-11-5-6-12-26/h3-4,7-10,13,19-20H,5-6,11-12,14-15H2,1-2H3/t19-,20-/m0/s1. The first-order chi connectivity index (χ1) is 15.0. The van der Waals surface area contributed by atoms with E-state index in [9.17, 15) is 14.0 Å². The summed E-state index contributed by atoms with van der Waals surface area (Å²) < 4.78 is 25.2. The summed E-state index contributed by atoms with van der Waals surface area (Å²) in [6, 6.07) is 11.4. The van der Waals surface area contributed by atoms with Crippen LogP contribution >= 0.6 is 0 Å². The van der Waals surface area contributed by atoms with E-state index in [1.165, 1.54) is 12.1 Å². The average molecular weight is 426 g/mol. The van der Waals surface area contributed by atoms with Gasteiger partial charge in [-0.15, -0.1) is 0 Å². The summed E-state index contributed by atoms with van der Waals surface area (Å²) in [6.45, 7) is 2.02. The molecule has 0 saturated carbocycles. The van der Waals surface area contributed by atoms with E-state index in [-0.39, 0.29) is 23.9 Å². The van der Waals surface area contributed by atoms with E-state index in [0.29, 0.717) is 18.0 Å². The van der Waals surface area contributed by atoms with Gasteiger partial charge in [0, 0.05) is 37.7 Å². The van der Waals surface area contributed by atoms with Crippen molar-refractivity contribution in [1.82, 2.24) is 9.80 Å². The minimum Gasteiger partial charge on any atom is -0.497 e. The molecule has 2 aromatic rings. The Kier molecular flexibility index (Phi) is 6.11. The molecule has 0 aromatic heterocycles. The van der Waals surface area contributed by atoms with Crippen LogP contribution in [0.25, 0.3) is 0 Å². The van der Waals surface area contributed by atoms with Crippen LogP contribution in [0.5, 0.6) is 11.5 Å². The molecule has 2 atom stereocenters. The molecule has 0 bridgehead atoms. The zero-order chi connectivity index (χ0) is 22.0. The smallest absolute Gasteiger partial charge is 0.256 e. The van der Waals surface area contributed by atoms with Crippen molar-refractivity contribution in [3.8, 4) is 11.5 Å². The number of likely N-dealkylation sites (tertiary alicyclic amines) is 2. The average Bonchev–Trinajstić information content (AvgIpc) is 3.48. The SMILES string of the molecule is COc1ccc(OC)c([C@@H]2CN(C(=O)c3ccccc3F)C[C@@H]2C(=O)N2CCCC2)c1. The highest BCUT2D eigenvalue weighted by molar-refractivity contribution is 5.95. The molecule has 0 unspecified atom stereocenters. The Hall–Kier alpha value is -3.09. The van der Waals surface area contributed by atoms with Gasteiger partial charge >= 0.3 is 0 Å². The third kappa shape index (κ3) is 4.09. The van der Waals surface area contributed by atoms with Gasteiger partial charge in [-0.25, -0.2) is 4.39 Å². The van der Waals surface area contributed by atoms with Crippen molar-refractivity contribution in [3.63, 3.8) is 0 Å². The van der Waals surface area contributed by atoms with Crippen LogP contribution in [0.2, 0.25) is 0 Å². The van der Waals surface area contributed by atoms with Gasteiger partial charge < -0.3 is 19.3 Å². The van der Waals surface area contributed by atoms with E-state index in [1.807, 2.05) is 17.0 Å². The van der Waals surface area contributed by atoms with Crippen molar-refractivity contribution in [3.05, 3.63) is 59.4 Å². The fraction of sp³-hybridized carbons (Fsp3) is 0.417. The Morgan fingerprint density at radius 3 is 2.39 bits per heavy atom. The number of halogens is 1. The van der Waals surface area contributed by atoms with E-state index >= 15 is 0 Å². The third-order valence-corrected chi connectivity index (χ3v) is 6.28. The molecule has 0 radical (unpaired) electrons. The molecule has 164 valence electrons. The molecule has 2 amide bonds. The largest absolute Gasteiger partial charge is 0.497 e. The maximum absolute atomic E-state index is 14.3. The molecule has 0 aliphatic carbocycles. The van der Waals surface area contributed by atoms with E-state index in [2.05, 4.69) is 0 Å². The minimum atomic E-state index is -0.558. The van der Waals surface area contributed by atoms with Crippen LogP contribution in [0.1, 0.15) is 34.7 Å². The van der Waals surface area contributed by atoms with Crippen LogP contribution in [-0.4, -0.2) is 62.0 Å².